The fraction of sp³-hybridized carbons (Fsp3) is 0.948. The molecule has 0 rings (SSSR count). The van der Waals surface area contributed by atoms with Crippen molar-refractivity contribution in [2.75, 3.05) is 39.6 Å². The number of carbonyl (C=O) groups excluding carboxylic acids is 4. The van der Waals surface area contributed by atoms with Crippen molar-refractivity contribution < 1.29 is 80.2 Å². The van der Waals surface area contributed by atoms with E-state index in [0.717, 1.165) is 96.3 Å². The molecule has 0 amide bonds. The number of esters is 4. The third kappa shape index (κ3) is 70.5. The van der Waals surface area contributed by atoms with Crippen molar-refractivity contribution in [3.05, 3.63) is 0 Å². The van der Waals surface area contributed by atoms with Crippen molar-refractivity contribution in [3.63, 3.8) is 0 Å². The zero-order chi connectivity index (χ0) is 70.5. The predicted molar refractivity (Wildman–Crippen MR) is 391 cm³/mol. The van der Waals surface area contributed by atoms with Gasteiger partial charge in [0.25, 0.3) is 0 Å². The summed E-state index contributed by atoms with van der Waals surface area (Å²) in [5, 5.41) is 10.6. The van der Waals surface area contributed by atoms with Crippen LogP contribution in [0.5, 0.6) is 0 Å². The molecule has 0 fully saturated rings. The highest BCUT2D eigenvalue weighted by atomic mass is 31.2. The average Bonchev–Trinajstić information content (AvgIpc) is 1.16. The van der Waals surface area contributed by atoms with Crippen LogP contribution in [0.3, 0.4) is 0 Å². The van der Waals surface area contributed by atoms with Crippen LogP contribution >= 0.6 is 15.6 Å². The maximum absolute atomic E-state index is 13.1. The van der Waals surface area contributed by atoms with Gasteiger partial charge in [-0.2, -0.15) is 0 Å². The first-order valence-corrected chi connectivity index (χ1v) is 43.1. The SMILES string of the molecule is CCCCCCCCCCCCCCCCCCCCCCCC(=O)O[C@H](COC(=O)CCCCCCCCCCCCCCCC)COP(=O)(O)OC[C@@H](O)COP(=O)(O)OC[C@@H](COC(=O)CCCCCCCCC(C)C)OC(=O)CCCCCCCCCCCCCC. The van der Waals surface area contributed by atoms with Crippen LogP contribution in [0.1, 0.15) is 407 Å². The second-order valence-electron chi connectivity index (χ2n) is 28.2. The van der Waals surface area contributed by atoms with E-state index in [2.05, 4.69) is 34.6 Å². The van der Waals surface area contributed by atoms with Crippen molar-refractivity contribution in [1.29, 1.82) is 0 Å². The largest absolute Gasteiger partial charge is 0.472 e. The molecule has 570 valence electrons. The van der Waals surface area contributed by atoms with E-state index in [1.165, 1.54) is 225 Å². The summed E-state index contributed by atoms with van der Waals surface area (Å²) in [6, 6.07) is 0. The molecular formula is C77H150O17P2. The summed E-state index contributed by atoms with van der Waals surface area (Å²) in [6.07, 6.45) is 59.9. The lowest BCUT2D eigenvalue weighted by Crippen LogP contribution is -2.30. The Morgan fingerprint density at radius 3 is 0.708 bits per heavy atom. The number of aliphatic hydroxyl groups is 1. The molecule has 17 nitrogen and oxygen atoms in total. The number of carbonyl (C=O) groups is 4. The van der Waals surface area contributed by atoms with Gasteiger partial charge in [-0.3, -0.25) is 37.3 Å². The Kier molecular flexibility index (Phi) is 68.7. The Balaban J connectivity index is 5.19. The second-order valence-corrected chi connectivity index (χ2v) is 31.1. The standard InChI is InChI=1S/C77H150O17P2/c1-6-9-12-15-18-21-24-27-29-30-31-32-33-34-35-37-40-43-46-53-58-63-77(82)93-72(66-87-74(79)60-55-50-44-41-39-36-28-25-22-19-16-13-10-7-2)68-91-95(83,84)89-64-71(78)65-90-96(85,86)92-69-73(67-88-75(80)61-56-51-48-47-49-54-59-70(4)5)94-76(81)62-57-52-45-42-38-26-23-20-17-14-11-8-3/h70-73,78H,6-69H2,1-5H3,(H,83,84)(H,85,86)/t71-,72-,73-/m1/s1. The topological polar surface area (TPSA) is 237 Å². The first-order chi connectivity index (χ1) is 46.5. The van der Waals surface area contributed by atoms with Crippen molar-refractivity contribution >= 4 is 39.5 Å². The van der Waals surface area contributed by atoms with E-state index in [1.54, 1.807) is 0 Å². The van der Waals surface area contributed by atoms with E-state index < -0.39 is 97.5 Å². The molecule has 0 radical (unpaired) electrons. The van der Waals surface area contributed by atoms with Crippen molar-refractivity contribution in [2.45, 2.75) is 425 Å². The van der Waals surface area contributed by atoms with Crippen molar-refractivity contribution in [3.8, 4) is 0 Å². The normalized spacial score (nSPS) is 13.9. The molecule has 5 atom stereocenters. The van der Waals surface area contributed by atoms with Crippen LogP contribution in [0.2, 0.25) is 0 Å². The van der Waals surface area contributed by atoms with Gasteiger partial charge in [0.2, 0.25) is 0 Å². The van der Waals surface area contributed by atoms with Gasteiger partial charge in [-0.1, -0.05) is 356 Å². The Morgan fingerprint density at radius 2 is 0.479 bits per heavy atom. The van der Waals surface area contributed by atoms with Crippen LogP contribution in [0.4, 0.5) is 0 Å². The maximum atomic E-state index is 13.1. The molecule has 0 aromatic carbocycles. The van der Waals surface area contributed by atoms with Gasteiger partial charge in [0.15, 0.2) is 12.2 Å². The molecule has 0 heterocycles. The lowest BCUT2D eigenvalue weighted by molar-refractivity contribution is -0.161. The van der Waals surface area contributed by atoms with E-state index in [9.17, 15) is 43.2 Å². The third-order valence-corrected chi connectivity index (χ3v) is 19.9. The van der Waals surface area contributed by atoms with Crippen LogP contribution in [0.15, 0.2) is 0 Å². The number of rotatable bonds is 77. The minimum absolute atomic E-state index is 0.107. The summed E-state index contributed by atoms with van der Waals surface area (Å²) < 4.78 is 68.5. The van der Waals surface area contributed by atoms with E-state index in [4.69, 9.17) is 37.0 Å². The van der Waals surface area contributed by atoms with Crippen LogP contribution in [-0.2, 0) is 65.4 Å². The molecule has 0 aromatic heterocycles. The number of phosphoric ester groups is 2. The van der Waals surface area contributed by atoms with Gasteiger partial charge < -0.3 is 33.8 Å². The Hall–Kier alpha value is -1.94. The summed E-state index contributed by atoms with van der Waals surface area (Å²) in [5.41, 5.74) is 0. The van der Waals surface area contributed by atoms with E-state index in [-0.39, 0.29) is 25.7 Å². The molecule has 19 heteroatoms. The average molecular weight is 1410 g/mol. The first kappa shape index (κ1) is 94.1. The van der Waals surface area contributed by atoms with Gasteiger partial charge in [-0.05, 0) is 31.6 Å². The number of ether oxygens (including phenoxy) is 4. The third-order valence-electron chi connectivity index (χ3n) is 18.0. The fourth-order valence-electron chi connectivity index (χ4n) is 11.9. The van der Waals surface area contributed by atoms with Gasteiger partial charge in [0, 0.05) is 25.7 Å². The molecular weight excluding hydrogens is 1260 g/mol. The Bertz CT molecular complexity index is 1840. The molecule has 0 saturated carbocycles. The molecule has 0 aliphatic carbocycles. The number of hydrogen-bond acceptors (Lipinski definition) is 15. The Labute approximate surface area is 588 Å². The lowest BCUT2D eigenvalue weighted by Gasteiger charge is -2.21. The number of aliphatic hydroxyl groups excluding tert-OH is 1. The predicted octanol–water partition coefficient (Wildman–Crippen LogP) is 22.9. The van der Waals surface area contributed by atoms with Crippen molar-refractivity contribution in [2.24, 2.45) is 5.92 Å². The highest BCUT2D eigenvalue weighted by molar-refractivity contribution is 7.47. The van der Waals surface area contributed by atoms with Gasteiger partial charge in [-0.25, -0.2) is 9.13 Å². The molecule has 0 aliphatic rings. The van der Waals surface area contributed by atoms with Gasteiger partial charge in [0.05, 0.1) is 26.4 Å². The van der Waals surface area contributed by atoms with Crippen LogP contribution in [0.25, 0.3) is 0 Å². The molecule has 0 spiro atoms. The van der Waals surface area contributed by atoms with Gasteiger partial charge >= 0.3 is 39.5 Å². The van der Waals surface area contributed by atoms with Gasteiger partial charge in [0.1, 0.15) is 19.3 Å². The number of phosphoric acid groups is 2. The van der Waals surface area contributed by atoms with Crippen LogP contribution < -0.4 is 0 Å². The Morgan fingerprint density at radius 1 is 0.281 bits per heavy atom. The molecule has 0 bridgehead atoms. The van der Waals surface area contributed by atoms with E-state index >= 15 is 0 Å². The minimum atomic E-state index is -4.96. The van der Waals surface area contributed by atoms with E-state index in [0.29, 0.717) is 31.6 Å². The zero-order valence-corrected chi connectivity index (χ0v) is 64.3. The molecule has 0 saturated heterocycles. The highest BCUT2D eigenvalue weighted by Crippen LogP contribution is 2.45. The lowest BCUT2D eigenvalue weighted by atomic mass is 10.0. The van der Waals surface area contributed by atoms with Crippen LogP contribution in [-0.4, -0.2) is 96.7 Å². The van der Waals surface area contributed by atoms with Gasteiger partial charge in [-0.15, -0.1) is 0 Å². The number of unbranched alkanes of at least 4 members (excludes halogenated alkanes) is 49. The molecule has 2 unspecified atom stereocenters. The second kappa shape index (κ2) is 70.1. The van der Waals surface area contributed by atoms with Crippen molar-refractivity contribution in [1.82, 2.24) is 0 Å². The summed E-state index contributed by atoms with van der Waals surface area (Å²) in [6.45, 7) is 7.21. The minimum Gasteiger partial charge on any atom is -0.462 e. The number of hydrogen-bond donors (Lipinski definition) is 3. The summed E-state index contributed by atoms with van der Waals surface area (Å²) >= 11 is 0. The first-order valence-electron chi connectivity index (χ1n) is 40.1. The molecule has 0 aromatic rings. The quantitative estimate of drug-likeness (QED) is 0.0222. The summed E-state index contributed by atoms with van der Waals surface area (Å²) in [5.74, 6) is -1.43. The monoisotopic (exact) mass is 1410 g/mol. The van der Waals surface area contributed by atoms with Crippen LogP contribution in [0, 0.1) is 5.92 Å². The van der Waals surface area contributed by atoms with E-state index in [1.807, 2.05) is 0 Å². The summed E-state index contributed by atoms with van der Waals surface area (Å²) in [7, 11) is -9.91. The fourth-order valence-corrected chi connectivity index (χ4v) is 13.5. The maximum Gasteiger partial charge on any atom is 0.472 e. The molecule has 96 heavy (non-hydrogen) atoms. The molecule has 3 N–H and O–H groups in total. The highest BCUT2D eigenvalue weighted by Gasteiger charge is 2.30. The smallest absolute Gasteiger partial charge is 0.462 e. The molecule has 0 aliphatic heterocycles. The zero-order valence-electron chi connectivity index (χ0n) is 62.5. The summed E-state index contributed by atoms with van der Waals surface area (Å²) in [4.78, 5) is 72.8.